The van der Waals surface area contributed by atoms with E-state index >= 15 is 0 Å². The van der Waals surface area contributed by atoms with Gasteiger partial charge in [0.05, 0.1) is 18.4 Å². The largest absolute Gasteiger partial charge is 0.598 e. The van der Waals surface area contributed by atoms with E-state index in [1.54, 1.807) is 6.07 Å². The summed E-state index contributed by atoms with van der Waals surface area (Å²) in [6.07, 6.45) is 12.4. The minimum absolute atomic E-state index is 0.279. The Bertz CT molecular complexity index is 963. The van der Waals surface area contributed by atoms with E-state index in [9.17, 15) is 9.35 Å². The summed E-state index contributed by atoms with van der Waals surface area (Å²) in [6.45, 7) is 9.63. The molecular formula is C29H43N3O3S. The Morgan fingerprint density at radius 1 is 1.19 bits per heavy atom. The van der Waals surface area contributed by atoms with E-state index < -0.39 is 11.4 Å². The number of aryl methyl sites for hydroxylation is 2. The summed E-state index contributed by atoms with van der Waals surface area (Å²) in [5, 5.41) is 3.49. The SMILES string of the molecule is C=C=C1NC(CCCCCCCCC)=NC12CCN([S+]([O-])CCc1ccc(C(=O)OC)cc1C)CC2. The Morgan fingerprint density at radius 3 is 2.53 bits per heavy atom. The van der Waals surface area contributed by atoms with Gasteiger partial charge in [-0.2, -0.15) is 0 Å². The predicted molar refractivity (Wildman–Crippen MR) is 149 cm³/mol. The van der Waals surface area contributed by atoms with E-state index in [-0.39, 0.29) is 11.5 Å². The van der Waals surface area contributed by atoms with Crippen LogP contribution in [0.4, 0.5) is 0 Å². The van der Waals surface area contributed by atoms with Crippen LogP contribution < -0.4 is 5.32 Å². The molecule has 2 aliphatic rings. The van der Waals surface area contributed by atoms with Crippen LogP contribution in [0, 0.1) is 6.92 Å². The van der Waals surface area contributed by atoms with Crippen molar-refractivity contribution >= 4 is 23.2 Å². The second-order valence-corrected chi connectivity index (χ2v) is 11.5. The molecule has 1 spiro atoms. The summed E-state index contributed by atoms with van der Waals surface area (Å²) in [6, 6.07) is 5.56. The van der Waals surface area contributed by atoms with Crippen LogP contribution in [0.15, 0.2) is 41.2 Å². The molecule has 0 bridgehead atoms. The molecule has 36 heavy (non-hydrogen) atoms. The number of benzene rings is 1. The highest BCUT2D eigenvalue weighted by molar-refractivity contribution is 7.89. The molecule has 2 heterocycles. The van der Waals surface area contributed by atoms with Gasteiger partial charge in [-0.1, -0.05) is 58.1 Å². The van der Waals surface area contributed by atoms with Gasteiger partial charge in [0.1, 0.15) is 17.1 Å². The Hall–Kier alpha value is -2.05. The van der Waals surface area contributed by atoms with Gasteiger partial charge >= 0.3 is 5.97 Å². The fourth-order valence-electron chi connectivity index (χ4n) is 5.15. The second-order valence-electron chi connectivity index (χ2n) is 9.98. The summed E-state index contributed by atoms with van der Waals surface area (Å²) in [5.74, 6) is 1.30. The van der Waals surface area contributed by atoms with E-state index in [2.05, 4.69) is 28.9 Å². The first kappa shape index (κ1) is 28.5. The average molecular weight is 514 g/mol. The van der Waals surface area contributed by atoms with E-state index in [1.165, 1.54) is 45.6 Å². The molecule has 1 unspecified atom stereocenters. The molecule has 7 heteroatoms. The van der Waals surface area contributed by atoms with Crippen LogP contribution in [-0.2, 0) is 22.5 Å². The topological polar surface area (TPSA) is 77.0 Å². The molecule has 1 aromatic rings. The van der Waals surface area contributed by atoms with Crippen molar-refractivity contribution < 1.29 is 14.1 Å². The van der Waals surface area contributed by atoms with E-state index in [4.69, 9.17) is 9.73 Å². The van der Waals surface area contributed by atoms with Crippen LogP contribution in [0.3, 0.4) is 0 Å². The maximum Gasteiger partial charge on any atom is 0.337 e. The summed E-state index contributed by atoms with van der Waals surface area (Å²) in [7, 11) is 1.38. The fraction of sp³-hybridized carbons (Fsp3) is 0.621. The molecule has 1 saturated heterocycles. The number of piperidine rings is 1. The van der Waals surface area contributed by atoms with Crippen molar-refractivity contribution in [2.24, 2.45) is 4.99 Å². The number of carbonyl (C=O) groups is 1. The van der Waals surface area contributed by atoms with Gasteiger partial charge in [0.15, 0.2) is 0 Å². The van der Waals surface area contributed by atoms with Gasteiger partial charge in [-0.3, -0.25) is 4.99 Å². The van der Waals surface area contributed by atoms with E-state index in [0.717, 1.165) is 61.4 Å². The molecule has 1 aromatic carbocycles. The molecular weight excluding hydrogens is 470 g/mol. The summed E-state index contributed by atoms with van der Waals surface area (Å²) in [5.41, 5.74) is 6.50. The Kier molecular flexibility index (Phi) is 11.1. The minimum atomic E-state index is -1.05. The molecule has 1 fully saturated rings. The first-order chi connectivity index (χ1) is 17.4. The molecule has 0 saturated carbocycles. The lowest BCUT2D eigenvalue weighted by molar-refractivity contribution is 0.0600. The van der Waals surface area contributed by atoms with Crippen molar-refractivity contribution in [1.82, 2.24) is 9.62 Å². The molecule has 2 aliphatic heterocycles. The standard InChI is InChI=1S/C29H43N3O3S/c1-5-7-8-9-10-11-12-13-27-30-26(6-2)29(31-27)17-19-32(20-18-29)36(34)21-16-24-14-15-25(22-23(24)3)28(33)35-4/h14-15,22H,2,5,7-13,16-21H2,1,3-4H3,(H,30,31). The average Bonchev–Trinajstić information content (AvgIpc) is 3.23. The summed E-state index contributed by atoms with van der Waals surface area (Å²) >= 11 is -1.05. The third-order valence-corrected chi connectivity index (χ3v) is 8.92. The number of ether oxygens (including phenoxy) is 1. The van der Waals surface area contributed by atoms with Crippen molar-refractivity contribution in [2.45, 2.75) is 90.0 Å². The van der Waals surface area contributed by atoms with Crippen molar-refractivity contribution in [1.29, 1.82) is 0 Å². The quantitative estimate of drug-likeness (QED) is 0.160. The third-order valence-electron chi connectivity index (χ3n) is 7.42. The van der Waals surface area contributed by atoms with Crippen molar-refractivity contribution in [2.75, 3.05) is 26.0 Å². The van der Waals surface area contributed by atoms with Crippen LogP contribution in [0.25, 0.3) is 0 Å². The lowest BCUT2D eigenvalue weighted by Gasteiger charge is -2.36. The molecule has 198 valence electrons. The van der Waals surface area contributed by atoms with Gasteiger partial charge in [0.25, 0.3) is 0 Å². The normalized spacial score (nSPS) is 18.0. The number of methoxy groups -OCH3 is 1. The number of amidine groups is 1. The van der Waals surface area contributed by atoms with Crippen molar-refractivity contribution in [3.63, 3.8) is 0 Å². The van der Waals surface area contributed by atoms with Gasteiger partial charge < -0.3 is 14.6 Å². The first-order valence-corrected chi connectivity index (χ1v) is 14.8. The first-order valence-electron chi connectivity index (χ1n) is 13.5. The fourth-order valence-corrected chi connectivity index (χ4v) is 6.39. The van der Waals surface area contributed by atoms with Gasteiger partial charge in [-0.15, -0.1) is 10.0 Å². The number of aliphatic imine (C=N–C) groups is 1. The number of hydrogen-bond donors (Lipinski definition) is 1. The van der Waals surface area contributed by atoms with Crippen LogP contribution in [0.1, 0.15) is 92.6 Å². The maximum atomic E-state index is 13.1. The monoisotopic (exact) mass is 513 g/mol. The van der Waals surface area contributed by atoms with Gasteiger partial charge in [0.2, 0.25) is 0 Å². The van der Waals surface area contributed by atoms with Crippen LogP contribution in [0.2, 0.25) is 0 Å². The number of hydrogen-bond acceptors (Lipinski definition) is 6. The molecule has 1 N–H and O–H groups in total. The second kappa shape index (κ2) is 14.0. The number of nitrogens with zero attached hydrogens (tertiary/aromatic N) is 2. The number of unbranched alkanes of at least 4 members (excludes halogenated alkanes) is 6. The molecule has 0 amide bonds. The van der Waals surface area contributed by atoms with Crippen LogP contribution in [-0.4, -0.2) is 52.2 Å². The minimum Gasteiger partial charge on any atom is -0.598 e. The maximum absolute atomic E-state index is 13.1. The molecule has 1 atom stereocenters. The number of carbonyl (C=O) groups excluding carboxylic acids is 1. The summed E-state index contributed by atoms with van der Waals surface area (Å²) in [4.78, 5) is 16.8. The number of rotatable bonds is 13. The molecule has 0 radical (unpaired) electrons. The third kappa shape index (κ3) is 7.48. The van der Waals surface area contributed by atoms with Crippen molar-refractivity contribution in [3.05, 3.63) is 52.9 Å². The summed E-state index contributed by atoms with van der Waals surface area (Å²) < 4.78 is 19.9. The van der Waals surface area contributed by atoms with Crippen molar-refractivity contribution in [3.8, 4) is 0 Å². The predicted octanol–water partition coefficient (Wildman–Crippen LogP) is 5.63. The zero-order chi connectivity index (χ0) is 26.0. The highest BCUT2D eigenvalue weighted by atomic mass is 32.2. The van der Waals surface area contributed by atoms with E-state index in [1.807, 2.05) is 19.1 Å². The van der Waals surface area contributed by atoms with E-state index in [0.29, 0.717) is 17.7 Å². The zero-order valence-corrected chi connectivity index (χ0v) is 23.2. The Balaban J connectivity index is 1.47. The smallest absolute Gasteiger partial charge is 0.337 e. The van der Waals surface area contributed by atoms with Crippen LogP contribution in [0.5, 0.6) is 0 Å². The van der Waals surface area contributed by atoms with Gasteiger partial charge in [0, 0.05) is 37.3 Å². The molecule has 0 aliphatic carbocycles. The Morgan fingerprint density at radius 2 is 1.89 bits per heavy atom. The zero-order valence-electron chi connectivity index (χ0n) is 22.4. The van der Waals surface area contributed by atoms with Gasteiger partial charge in [-0.05, 0) is 49.4 Å². The molecule has 3 rings (SSSR count). The highest BCUT2D eigenvalue weighted by Gasteiger charge is 2.44. The highest BCUT2D eigenvalue weighted by Crippen LogP contribution is 2.37. The Labute approximate surface area is 220 Å². The lowest BCUT2D eigenvalue weighted by atomic mass is 9.87. The number of esters is 1. The molecule has 6 nitrogen and oxygen atoms in total. The number of nitrogens with one attached hydrogen (secondary N) is 1. The van der Waals surface area contributed by atoms with Crippen LogP contribution >= 0.6 is 0 Å². The molecule has 0 aromatic heterocycles. The lowest BCUT2D eigenvalue weighted by Crippen LogP contribution is -2.47. The van der Waals surface area contributed by atoms with Gasteiger partial charge in [-0.25, -0.2) is 4.79 Å².